The van der Waals surface area contributed by atoms with Gasteiger partial charge in [0, 0.05) is 4.90 Å². The molecular formula is C11H16S. The van der Waals surface area contributed by atoms with Crippen molar-refractivity contribution in [2.24, 2.45) is 0 Å². The summed E-state index contributed by atoms with van der Waals surface area (Å²) in [7, 11) is 0.150. The number of benzene rings is 1. The smallest absolute Gasteiger partial charge is 0.000872 e. The van der Waals surface area contributed by atoms with Crippen LogP contribution in [-0.4, -0.2) is 12.1 Å². The summed E-state index contributed by atoms with van der Waals surface area (Å²) in [5.74, 6) is 4.64. The molecule has 0 nitrogen and oxygen atoms in total. The molecule has 0 aliphatic heterocycles. The summed E-state index contributed by atoms with van der Waals surface area (Å²) in [6.45, 7) is 4.43. The van der Waals surface area contributed by atoms with Gasteiger partial charge in [-0.3, -0.25) is 0 Å². The third-order valence-electron chi connectivity index (χ3n) is 1.95. The highest BCUT2D eigenvalue weighted by atomic mass is 32.2. The minimum Gasteiger partial charge on any atom is -0.165 e. The molecule has 0 radical (unpaired) electrons. The van der Waals surface area contributed by atoms with Crippen LogP contribution in [0.5, 0.6) is 0 Å². The lowest BCUT2D eigenvalue weighted by atomic mass is 10.0. The fraction of sp³-hybridized carbons (Fsp3) is 0.364. The van der Waals surface area contributed by atoms with Crippen molar-refractivity contribution in [3.8, 4) is 0 Å². The Morgan fingerprint density at radius 2 is 1.67 bits per heavy atom. The SMILES string of the molecule is C=S(C)c1ccc(C(C)C)cc1. The molecule has 0 N–H and O–H groups in total. The second-order valence-electron chi connectivity index (χ2n) is 3.36. The van der Waals surface area contributed by atoms with Gasteiger partial charge in [0.05, 0.1) is 0 Å². The Bertz CT molecular complexity index is 270. The molecule has 1 unspecified atom stereocenters. The quantitative estimate of drug-likeness (QED) is 0.611. The fourth-order valence-corrected chi connectivity index (χ4v) is 1.69. The zero-order chi connectivity index (χ0) is 9.14. The van der Waals surface area contributed by atoms with Crippen molar-refractivity contribution < 1.29 is 0 Å². The van der Waals surface area contributed by atoms with Gasteiger partial charge in [0.15, 0.2) is 0 Å². The molecule has 0 fully saturated rings. The molecule has 0 heterocycles. The van der Waals surface area contributed by atoms with Gasteiger partial charge < -0.3 is 0 Å². The lowest BCUT2D eigenvalue weighted by Gasteiger charge is -2.06. The molecule has 1 aromatic carbocycles. The van der Waals surface area contributed by atoms with E-state index in [9.17, 15) is 0 Å². The Kier molecular flexibility index (Phi) is 3.10. The first-order chi connectivity index (χ1) is 5.61. The first kappa shape index (κ1) is 9.53. The van der Waals surface area contributed by atoms with Gasteiger partial charge in [-0.05, 0) is 29.9 Å². The summed E-state index contributed by atoms with van der Waals surface area (Å²) in [5, 5.41) is 0. The number of hydrogen-bond donors (Lipinski definition) is 0. The molecule has 0 amide bonds. The summed E-state index contributed by atoms with van der Waals surface area (Å²) in [4.78, 5) is 1.35. The molecule has 0 bridgehead atoms. The Balaban J connectivity index is 2.93. The second-order valence-corrected chi connectivity index (χ2v) is 5.11. The number of rotatable bonds is 2. The van der Waals surface area contributed by atoms with Crippen molar-refractivity contribution in [3.63, 3.8) is 0 Å². The minimum absolute atomic E-state index is 0.150. The molecule has 1 aromatic rings. The third-order valence-corrected chi connectivity index (χ3v) is 3.03. The Hall–Kier alpha value is -0.560. The van der Waals surface area contributed by atoms with Gasteiger partial charge in [0.1, 0.15) is 0 Å². The normalized spacial score (nSPS) is 13.3. The average molecular weight is 180 g/mol. The predicted molar refractivity (Wildman–Crippen MR) is 59.4 cm³/mol. The van der Waals surface area contributed by atoms with Crippen molar-refractivity contribution in [2.45, 2.75) is 24.7 Å². The van der Waals surface area contributed by atoms with Gasteiger partial charge in [0.25, 0.3) is 0 Å². The summed E-state index contributed by atoms with van der Waals surface area (Å²) in [6.07, 6.45) is 2.14. The average Bonchev–Trinajstić information content (AvgIpc) is 2.04. The van der Waals surface area contributed by atoms with Crippen molar-refractivity contribution in [1.29, 1.82) is 0 Å². The van der Waals surface area contributed by atoms with Crippen LogP contribution < -0.4 is 0 Å². The van der Waals surface area contributed by atoms with Gasteiger partial charge >= 0.3 is 0 Å². The van der Waals surface area contributed by atoms with E-state index in [1.165, 1.54) is 10.5 Å². The van der Waals surface area contributed by atoms with E-state index in [-0.39, 0.29) is 10.5 Å². The molecule has 0 saturated heterocycles. The topological polar surface area (TPSA) is 0 Å². The first-order valence-corrected chi connectivity index (χ1v) is 5.97. The molecule has 0 aliphatic carbocycles. The zero-order valence-electron chi connectivity index (χ0n) is 8.00. The van der Waals surface area contributed by atoms with E-state index >= 15 is 0 Å². The highest BCUT2D eigenvalue weighted by Gasteiger charge is 1.97. The third kappa shape index (κ3) is 2.21. The molecule has 0 spiro atoms. The Morgan fingerprint density at radius 1 is 1.17 bits per heavy atom. The molecule has 0 aromatic heterocycles. The first-order valence-electron chi connectivity index (χ1n) is 4.17. The van der Waals surface area contributed by atoms with Crippen molar-refractivity contribution >= 4 is 16.4 Å². The summed E-state index contributed by atoms with van der Waals surface area (Å²) < 4.78 is 0. The van der Waals surface area contributed by atoms with Crippen LogP contribution in [-0.2, 0) is 0 Å². The van der Waals surface area contributed by atoms with Crippen molar-refractivity contribution in [3.05, 3.63) is 29.8 Å². The van der Waals surface area contributed by atoms with E-state index in [1.54, 1.807) is 0 Å². The lowest BCUT2D eigenvalue weighted by Crippen LogP contribution is -1.85. The molecule has 66 valence electrons. The summed E-state index contributed by atoms with van der Waals surface area (Å²) in [6, 6.07) is 8.78. The van der Waals surface area contributed by atoms with Crippen molar-refractivity contribution in [2.75, 3.05) is 6.26 Å². The monoisotopic (exact) mass is 180 g/mol. The molecule has 12 heavy (non-hydrogen) atoms. The lowest BCUT2D eigenvalue weighted by molar-refractivity contribution is 0.865. The van der Waals surface area contributed by atoms with E-state index in [4.69, 9.17) is 0 Å². The largest absolute Gasteiger partial charge is 0.165 e. The Labute approximate surface area is 77.6 Å². The molecule has 0 aliphatic rings. The number of hydrogen-bond acceptors (Lipinski definition) is 0. The van der Waals surface area contributed by atoms with Crippen molar-refractivity contribution in [1.82, 2.24) is 0 Å². The zero-order valence-corrected chi connectivity index (χ0v) is 8.82. The molecular weight excluding hydrogens is 164 g/mol. The van der Waals surface area contributed by atoms with E-state index in [2.05, 4.69) is 50.2 Å². The second kappa shape index (κ2) is 3.90. The fourth-order valence-electron chi connectivity index (χ4n) is 1.09. The van der Waals surface area contributed by atoms with E-state index in [0.29, 0.717) is 5.92 Å². The van der Waals surface area contributed by atoms with Gasteiger partial charge in [-0.15, -0.1) is 0 Å². The maximum Gasteiger partial charge on any atom is 0.000872 e. The summed E-state index contributed by atoms with van der Waals surface area (Å²) in [5.41, 5.74) is 1.41. The van der Waals surface area contributed by atoms with Gasteiger partial charge in [-0.1, -0.05) is 31.9 Å². The van der Waals surface area contributed by atoms with Crippen LogP contribution in [0.2, 0.25) is 0 Å². The molecule has 0 saturated carbocycles. The Morgan fingerprint density at radius 3 is 2.00 bits per heavy atom. The minimum atomic E-state index is 0.150. The van der Waals surface area contributed by atoms with Crippen LogP contribution in [0.3, 0.4) is 0 Å². The van der Waals surface area contributed by atoms with Crippen LogP contribution in [0.1, 0.15) is 25.3 Å². The molecule has 1 heteroatoms. The van der Waals surface area contributed by atoms with Crippen LogP contribution in [0, 0.1) is 0 Å². The maximum atomic E-state index is 4.01. The maximum absolute atomic E-state index is 4.01. The van der Waals surface area contributed by atoms with Crippen LogP contribution >= 0.6 is 10.5 Å². The standard InChI is InChI=1S/C11H16S/c1-9(2)10-5-7-11(8-6-10)12(3)4/h5-9H,3H2,1-2,4H3. The highest BCUT2D eigenvalue weighted by molar-refractivity contribution is 8.13. The van der Waals surface area contributed by atoms with Gasteiger partial charge in [-0.2, -0.15) is 10.5 Å². The van der Waals surface area contributed by atoms with E-state index < -0.39 is 0 Å². The predicted octanol–water partition coefficient (Wildman–Crippen LogP) is 3.50. The van der Waals surface area contributed by atoms with Gasteiger partial charge in [0.2, 0.25) is 0 Å². The highest BCUT2D eigenvalue weighted by Crippen LogP contribution is 2.22. The van der Waals surface area contributed by atoms with E-state index in [0.717, 1.165) is 0 Å². The van der Waals surface area contributed by atoms with E-state index in [1.807, 2.05) is 0 Å². The van der Waals surface area contributed by atoms with Crippen LogP contribution in [0.4, 0.5) is 0 Å². The van der Waals surface area contributed by atoms with Gasteiger partial charge in [-0.25, -0.2) is 0 Å². The van der Waals surface area contributed by atoms with Crippen LogP contribution in [0.25, 0.3) is 0 Å². The molecule has 1 rings (SSSR count). The van der Waals surface area contributed by atoms with Crippen LogP contribution in [0.15, 0.2) is 29.2 Å². The summed E-state index contributed by atoms with van der Waals surface area (Å²) >= 11 is 0. The molecule has 1 atom stereocenters.